The van der Waals surface area contributed by atoms with Crippen LogP contribution in [-0.2, 0) is 64.9 Å². The molecule has 0 spiro atoms. The van der Waals surface area contributed by atoms with Crippen LogP contribution in [0, 0.1) is 0 Å². The summed E-state index contributed by atoms with van der Waals surface area (Å²) in [4.78, 5) is 20.6. The van der Waals surface area contributed by atoms with Gasteiger partial charge in [0, 0.05) is 16.5 Å². The second-order valence-electron chi connectivity index (χ2n) is 12.5. The molecular formula is C31H19ClN7Na5O19S6. The number of halogens is 1. The van der Waals surface area contributed by atoms with Crippen molar-refractivity contribution >= 4 is 130 Å². The van der Waals surface area contributed by atoms with Crippen LogP contribution in [0.5, 0.6) is 0 Å². The number of sulfone groups is 1. The number of allylic oxidation sites excluding steroid dienone is 1. The zero-order chi connectivity index (χ0) is 47.4. The zero-order valence-electron chi connectivity index (χ0n) is 35.7. The van der Waals surface area contributed by atoms with Crippen molar-refractivity contribution in [1.82, 2.24) is 15.0 Å². The summed E-state index contributed by atoms with van der Waals surface area (Å²) in [6.07, 6.45) is 0.427. The number of hydrogen-bond donors (Lipinski definition) is 3. The Labute approximate surface area is 508 Å². The molecule has 26 nitrogen and oxygen atoms in total. The zero-order valence-corrected chi connectivity index (χ0v) is 51.4. The van der Waals surface area contributed by atoms with Crippen LogP contribution in [0.4, 0.5) is 29.0 Å². The van der Waals surface area contributed by atoms with Gasteiger partial charge in [-0.15, -0.1) is 0 Å². The molecule has 4 aromatic carbocycles. The fourth-order valence-electron chi connectivity index (χ4n) is 5.82. The smallest absolute Gasteiger partial charge is 0.744 e. The van der Waals surface area contributed by atoms with Crippen molar-refractivity contribution in [2.24, 2.45) is 5.10 Å². The van der Waals surface area contributed by atoms with Gasteiger partial charge in [-0.05, 0) is 65.7 Å². The van der Waals surface area contributed by atoms with Crippen LogP contribution < -0.4 is 164 Å². The fourth-order valence-corrected chi connectivity index (χ4v) is 10.2. The number of hydrogen-bond acceptors (Lipinski definition) is 26. The minimum absolute atomic E-state index is 0. The normalized spacial score (nSPS) is 13.5. The van der Waals surface area contributed by atoms with Crippen molar-refractivity contribution < 1.29 is 230 Å². The van der Waals surface area contributed by atoms with Gasteiger partial charge in [0.2, 0.25) is 33.4 Å². The summed E-state index contributed by atoms with van der Waals surface area (Å²) in [5.41, 5.74) is -2.36. The maximum Gasteiger partial charge on any atom is 1.00 e. The molecule has 38 heteroatoms. The van der Waals surface area contributed by atoms with E-state index in [0.29, 0.717) is 18.2 Å². The quantitative estimate of drug-likeness (QED) is 0.0379. The summed E-state index contributed by atoms with van der Waals surface area (Å²) in [5, 5.41) is 6.79. The number of benzene rings is 4. The summed E-state index contributed by atoms with van der Waals surface area (Å²) < 4.78 is 209. The van der Waals surface area contributed by atoms with Gasteiger partial charge in [0.05, 0.1) is 53.8 Å². The number of ketones is 1. The van der Waals surface area contributed by atoms with Crippen LogP contribution in [0.3, 0.4) is 0 Å². The Morgan fingerprint density at radius 2 is 1.23 bits per heavy atom. The number of fused-ring (bicyclic) bond motifs is 2. The van der Waals surface area contributed by atoms with E-state index in [0.717, 1.165) is 42.5 Å². The average Bonchev–Trinajstić information content (AvgIpc) is 3.14. The molecule has 340 valence electrons. The molecule has 0 aliphatic heterocycles. The van der Waals surface area contributed by atoms with Crippen molar-refractivity contribution in [2.45, 2.75) is 19.6 Å². The molecule has 0 unspecified atom stereocenters. The Kier molecular flexibility index (Phi) is 24.3. The Bertz CT molecular complexity index is 3620. The summed E-state index contributed by atoms with van der Waals surface area (Å²) >= 11 is 6.07. The molecule has 0 amide bonds. The van der Waals surface area contributed by atoms with E-state index in [9.17, 15) is 78.1 Å². The van der Waals surface area contributed by atoms with E-state index >= 15 is 0 Å². The third-order valence-electron chi connectivity index (χ3n) is 8.33. The monoisotopic (exact) mass is 1130 g/mol. The van der Waals surface area contributed by atoms with Crippen LogP contribution in [0.1, 0.15) is 15.9 Å². The molecule has 0 saturated carbocycles. The van der Waals surface area contributed by atoms with Gasteiger partial charge < -0.3 is 33.4 Å². The number of aromatic nitrogens is 3. The Morgan fingerprint density at radius 1 is 0.623 bits per heavy atom. The first kappa shape index (κ1) is 66.4. The maximum absolute atomic E-state index is 14.2. The molecule has 1 aliphatic rings. The summed E-state index contributed by atoms with van der Waals surface area (Å²) in [6.45, 7) is -1.00. The molecule has 0 radical (unpaired) electrons. The molecule has 0 saturated heterocycles. The van der Waals surface area contributed by atoms with E-state index < -0.39 is 160 Å². The van der Waals surface area contributed by atoms with Crippen molar-refractivity contribution in [1.29, 1.82) is 0 Å². The topological polar surface area (TPSA) is 434 Å². The molecular weight excluding hydrogens is 1120 g/mol. The summed E-state index contributed by atoms with van der Waals surface area (Å²) in [7, 11) is -31.6. The standard InChI is InChI=1S/C31H24ClN7O19S6.5Na/c32-29-35-30(33-16-3-1-4-17(13-16)59(41,42)10-9-58-64(55,56)57)37-31(36-29)34-22-14-18(60(43,44)45)11-15-12-24(62(49,50)51)26(27(40)25(15)22)39-38-21-8-7-19-20(28(21)63(52,53)54)5-2-6-23(19)61(46,47)48;;;;;/h1-8,11-14,38H,9-10H2,(H,43,44,45)(H,46,47,48)(H,49,50,51)(H,52,53,54)(H,55,56,57)(H2,33,34,35,36,37);;;;;/q;5*+1/p-5. The predicted molar refractivity (Wildman–Crippen MR) is 213 cm³/mol. The van der Waals surface area contributed by atoms with Crippen LogP contribution in [0.15, 0.2) is 96.3 Å². The summed E-state index contributed by atoms with van der Waals surface area (Å²) in [6, 6.07) is 10.0. The van der Waals surface area contributed by atoms with E-state index in [-0.39, 0.29) is 153 Å². The number of anilines is 5. The van der Waals surface area contributed by atoms with E-state index in [1.54, 1.807) is 0 Å². The number of Topliss-reactive ketones (excluding diaryl/α,β-unsaturated/α-hetero) is 1. The molecule has 1 aromatic heterocycles. The third-order valence-corrected chi connectivity index (χ3v) is 14.1. The first-order valence-electron chi connectivity index (χ1n) is 16.5. The van der Waals surface area contributed by atoms with Crippen molar-refractivity contribution in [3.8, 4) is 0 Å². The van der Waals surface area contributed by atoms with Gasteiger partial charge in [0.15, 0.2) is 9.84 Å². The second kappa shape index (κ2) is 25.3. The van der Waals surface area contributed by atoms with E-state index in [2.05, 4.69) is 34.9 Å². The minimum Gasteiger partial charge on any atom is -0.744 e. The second-order valence-corrected chi connectivity index (χ2v) is 21.4. The SMILES string of the molecule is O=C1C(=NNc2ccc3c(S(=O)(=O)[O-])cccc3c2S(=O)(=O)[O-])C(S(=O)(=O)[O-])=Cc2cc(S(=O)(=O)[O-])cc(Nc3nc(Cl)nc(Nc4cccc(S(=O)(=O)CCOS(=O)(=O)[O-])c4)n3)c21.[Na+].[Na+].[Na+].[Na+].[Na+]. The van der Waals surface area contributed by atoms with Gasteiger partial charge in [-0.2, -0.15) is 20.1 Å². The molecule has 0 fully saturated rings. The number of nitrogens with one attached hydrogen (secondary N) is 3. The largest absolute Gasteiger partial charge is 1.00 e. The molecule has 69 heavy (non-hydrogen) atoms. The van der Waals surface area contributed by atoms with Gasteiger partial charge in [0.1, 0.15) is 46.2 Å². The number of nitrogens with zero attached hydrogens (tertiary/aromatic N) is 4. The van der Waals surface area contributed by atoms with Crippen LogP contribution in [-0.4, -0.2) is 112 Å². The Morgan fingerprint density at radius 3 is 1.80 bits per heavy atom. The molecule has 5 aromatic rings. The number of hydrazone groups is 1. The van der Waals surface area contributed by atoms with Crippen molar-refractivity contribution in [3.05, 3.63) is 88.0 Å². The first-order chi connectivity index (χ1) is 29.4. The average molecular weight is 1140 g/mol. The molecule has 0 atom stereocenters. The number of carbonyl (C=O) groups is 1. The minimum atomic E-state index is -5.78. The van der Waals surface area contributed by atoms with Crippen LogP contribution in [0.2, 0.25) is 5.28 Å². The van der Waals surface area contributed by atoms with E-state index in [1.165, 1.54) is 12.1 Å². The number of rotatable bonds is 15. The molecule has 1 heterocycles. The Hall–Kier alpha value is -0.620. The molecule has 1 aliphatic carbocycles. The van der Waals surface area contributed by atoms with Gasteiger partial charge in [-0.1, -0.05) is 24.3 Å². The van der Waals surface area contributed by atoms with Crippen molar-refractivity contribution in [2.75, 3.05) is 28.4 Å². The van der Waals surface area contributed by atoms with E-state index in [1.807, 2.05) is 5.43 Å². The maximum atomic E-state index is 14.2. The summed E-state index contributed by atoms with van der Waals surface area (Å²) in [5.74, 6) is -3.60. The Balaban J connectivity index is 0.00000476. The molecule has 6 rings (SSSR count). The predicted octanol–water partition coefficient (Wildman–Crippen LogP) is -14.3. The number of carbonyl (C=O) groups excluding carboxylic acids is 1. The molecule has 3 N–H and O–H groups in total. The van der Waals surface area contributed by atoms with Gasteiger partial charge in [-0.3, -0.25) is 14.4 Å². The van der Waals surface area contributed by atoms with E-state index in [4.69, 9.17) is 11.6 Å². The van der Waals surface area contributed by atoms with Crippen LogP contribution in [0.25, 0.3) is 16.8 Å². The fraction of sp³-hybridized carbons (Fsp3) is 0.0645. The molecule has 0 bridgehead atoms. The third kappa shape index (κ3) is 16.7. The van der Waals surface area contributed by atoms with Gasteiger partial charge in [0.25, 0.3) is 0 Å². The first-order valence-corrected chi connectivity index (χ1v) is 25.5. The van der Waals surface area contributed by atoms with Crippen molar-refractivity contribution in [3.63, 3.8) is 0 Å². The van der Waals surface area contributed by atoms with Gasteiger partial charge >= 0.3 is 148 Å². The van der Waals surface area contributed by atoms with Crippen LogP contribution >= 0.6 is 11.6 Å². The van der Waals surface area contributed by atoms with Gasteiger partial charge in [-0.25, -0.2) is 50.5 Å².